The summed E-state index contributed by atoms with van der Waals surface area (Å²) in [7, 11) is 2.84. The second-order valence-electron chi connectivity index (χ2n) is 7.81. The second kappa shape index (κ2) is 8.83. The van der Waals surface area contributed by atoms with Gasteiger partial charge in [0, 0.05) is 25.0 Å². The third-order valence-electron chi connectivity index (χ3n) is 5.53. The summed E-state index contributed by atoms with van der Waals surface area (Å²) >= 11 is 1.00. The van der Waals surface area contributed by atoms with Crippen LogP contribution < -0.4 is 10.1 Å². The first-order valence-corrected chi connectivity index (χ1v) is 11.0. The molecule has 4 amide bonds. The van der Waals surface area contributed by atoms with Crippen molar-refractivity contribution >= 4 is 34.3 Å². The van der Waals surface area contributed by atoms with Crippen molar-refractivity contribution in [3.63, 3.8) is 0 Å². The van der Waals surface area contributed by atoms with Crippen LogP contribution >= 0.6 is 11.3 Å². The zero-order valence-electron chi connectivity index (χ0n) is 18.5. The van der Waals surface area contributed by atoms with Crippen molar-refractivity contribution in [1.29, 1.82) is 0 Å². The van der Waals surface area contributed by atoms with E-state index in [0.717, 1.165) is 28.4 Å². The summed E-state index contributed by atoms with van der Waals surface area (Å²) in [5, 5.41) is 4.18. The van der Waals surface area contributed by atoms with Crippen molar-refractivity contribution in [3.05, 3.63) is 40.7 Å². The normalized spacial score (nSPS) is 20.2. The molecule has 2 aliphatic rings. The Bertz CT molecular complexity index is 1240. The van der Waals surface area contributed by atoms with Gasteiger partial charge >= 0.3 is 12.4 Å². The van der Waals surface area contributed by atoms with E-state index in [-0.39, 0.29) is 22.8 Å². The molecule has 2 atom stereocenters. The standard InChI is InChI=1S/C21H18F4N4O5S/c1-9-11(16-17(31)28(2)20(32)29(3)18(16)33-9)7-15(30)27-19-26-13(8-35-19)10-4-5-12(22)14(6-10)34-21(23,24)25/h4-6,8,16,18H,7H2,1-3H3,(H,26,27,30). The Morgan fingerprint density at radius 2 is 2.00 bits per heavy atom. The zero-order valence-corrected chi connectivity index (χ0v) is 19.3. The van der Waals surface area contributed by atoms with Crippen LogP contribution in [0.25, 0.3) is 11.3 Å². The number of nitrogens with zero attached hydrogens (tertiary/aromatic N) is 3. The molecule has 3 heterocycles. The van der Waals surface area contributed by atoms with E-state index in [1.54, 1.807) is 6.92 Å². The predicted octanol–water partition coefficient (Wildman–Crippen LogP) is 3.95. The molecule has 35 heavy (non-hydrogen) atoms. The molecule has 2 aliphatic heterocycles. The van der Waals surface area contributed by atoms with E-state index < -0.39 is 47.9 Å². The quantitative estimate of drug-likeness (QED) is 0.607. The molecule has 0 aliphatic carbocycles. The number of fused-ring (bicyclic) bond motifs is 1. The van der Waals surface area contributed by atoms with Crippen LogP contribution in [-0.2, 0) is 14.3 Å². The van der Waals surface area contributed by atoms with E-state index in [1.807, 2.05) is 0 Å². The number of carbonyl (C=O) groups is 3. The number of carbonyl (C=O) groups excluding carboxylic acids is 3. The van der Waals surface area contributed by atoms with Gasteiger partial charge in [0.1, 0.15) is 5.92 Å². The van der Waals surface area contributed by atoms with Gasteiger partial charge in [-0.25, -0.2) is 14.2 Å². The molecule has 1 N–H and O–H groups in total. The maximum absolute atomic E-state index is 13.7. The van der Waals surface area contributed by atoms with Crippen LogP contribution in [0, 0.1) is 11.7 Å². The molecule has 2 unspecified atom stereocenters. The van der Waals surface area contributed by atoms with Gasteiger partial charge in [0.05, 0.1) is 17.9 Å². The minimum atomic E-state index is -5.06. The van der Waals surface area contributed by atoms with Crippen molar-refractivity contribution < 1.29 is 41.4 Å². The molecule has 1 aromatic heterocycles. The number of rotatable bonds is 5. The van der Waals surface area contributed by atoms with Gasteiger partial charge in [-0.15, -0.1) is 24.5 Å². The summed E-state index contributed by atoms with van der Waals surface area (Å²) in [6, 6.07) is 2.39. The molecule has 4 rings (SSSR count). The van der Waals surface area contributed by atoms with Crippen LogP contribution in [-0.4, -0.2) is 59.3 Å². The number of ether oxygens (including phenoxy) is 2. The van der Waals surface area contributed by atoms with E-state index in [4.69, 9.17) is 4.74 Å². The number of aromatic nitrogens is 1. The molecule has 14 heteroatoms. The fourth-order valence-corrected chi connectivity index (χ4v) is 4.57. The van der Waals surface area contributed by atoms with Gasteiger partial charge in [-0.1, -0.05) is 0 Å². The molecule has 0 radical (unpaired) electrons. The van der Waals surface area contributed by atoms with Crippen LogP contribution in [0.2, 0.25) is 0 Å². The number of halogens is 4. The largest absolute Gasteiger partial charge is 0.573 e. The van der Waals surface area contributed by atoms with Crippen LogP contribution in [0.5, 0.6) is 5.75 Å². The number of hydrogen-bond donors (Lipinski definition) is 1. The highest BCUT2D eigenvalue weighted by Crippen LogP contribution is 2.39. The molecule has 9 nitrogen and oxygen atoms in total. The molecular formula is C21H18F4N4O5S. The number of amides is 4. The maximum atomic E-state index is 13.7. The number of alkyl halides is 3. The lowest BCUT2D eigenvalue weighted by molar-refractivity contribution is -0.275. The fraction of sp³-hybridized carbons (Fsp3) is 0.333. The first kappa shape index (κ1) is 24.4. The first-order valence-electron chi connectivity index (χ1n) is 10.1. The minimum absolute atomic E-state index is 0.140. The molecule has 1 aromatic carbocycles. The number of nitrogens with one attached hydrogen (secondary N) is 1. The molecule has 0 spiro atoms. The van der Waals surface area contributed by atoms with Gasteiger partial charge in [-0.05, 0) is 30.7 Å². The van der Waals surface area contributed by atoms with Gasteiger partial charge in [0.25, 0.3) is 0 Å². The van der Waals surface area contributed by atoms with Crippen LogP contribution in [0.15, 0.2) is 34.9 Å². The Labute approximate surface area is 199 Å². The Morgan fingerprint density at radius 1 is 1.29 bits per heavy atom. The molecule has 186 valence electrons. The molecule has 1 saturated heterocycles. The molecule has 0 bridgehead atoms. The Balaban J connectivity index is 1.47. The monoisotopic (exact) mass is 514 g/mol. The zero-order chi connectivity index (χ0) is 25.7. The maximum Gasteiger partial charge on any atom is 0.573 e. The number of anilines is 1. The summed E-state index contributed by atoms with van der Waals surface area (Å²) in [6.07, 6.45) is -6.11. The van der Waals surface area contributed by atoms with Crippen molar-refractivity contribution in [1.82, 2.24) is 14.8 Å². The summed E-state index contributed by atoms with van der Waals surface area (Å²) in [4.78, 5) is 43.9. The number of hydrogen-bond acceptors (Lipinski definition) is 7. The summed E-state index contributed by atoms with van der Waals surface area (Å²) in [6.45, 7) is 1.60. The summed E-state index contributed by atoms with van der Waals surface area (Å²) in [5.41, 5.74) is 0.769. The third kappa shape index (κ3) is 4.78. The van der Waals surface area contributed by atoms with E-state index in [9.17, 15) is 31.9 Å². The summed E-state index contributed by atoms with van der Waals surface area (Å²) in [5.74, 6) is -3.65. The highest BCUT2D eigenvalue weighted by Gasteiger charge is 2.51. The minimum Gasteiger partial charge on any atom is -0.474 e. The van der Waals surface area contributed by atoms with Crippen molar-refractivity contribution in [2.75, 3.05) is 19.4 Å². The van der Waals surface area contributed by atoms with Crippen LogP contribution in [0.4, 0.5) is 27.5 Å². The first-order chi connectivity index (χ1) is 16.4. The van der Waals surface area contributed by atoms with Crippen molar-refractivity contribution in [3.8, 4) is 17.0 Å². The highest BCUT2D eigenvalue weighted by atomic mass is 32.1. The Hall–Kier alpha value is -3.68. The fourth-order valence-electron chi connectivity index (χ4n) is 3.84. The van der Waals surface area contributed by atoms with Gasteiger partial charge in [0.2, 0.25) is 11.8 Å². The summed E-state index contributed by atoms with van der Waals surface area (Å²) < 4.78 is 60.5. The van der Waals surface area contributed by atoms with E-state index >= 15 is 0 Å². The topological polar surface area (TPSA) is 101 Å². The lowest BCUT2D eigenvalue weighted by Gasteiger charge is -2.37. The second-order valence-corrected chi connectivity index (χ2v) is 8.67. The number of benzene rings is 1. The SMILES string of the molecule is CC1=C(CC(=O)Nc2nc(-c3ccc(F)c(OC(F)(F)F)c3)cs2)C2C(=O)N(C)C(=O)N(C)C2O1. The van der Waals surface area contributed by atoms with Gasteiger partial charge in [0.15, 0.2) is 22.9 Å². The Kier molecular flexibility index (Phi) is 6.17. The average molecular weight is 514 g/mol. The highest BCUT2D eigenvalue weighted by molar-refractivity contribution is 7.14. The van der Waals surface area contributed by atoms with Gasteiger partial charge < -0.3 is 14.8 Å². The number of thiazole rings is 1. The van der Waals surface area contributed by atoms with E-state index in [2.05, 4.69) is 15.0 Å². The van der Waals surface area contributed by atoms with E-state index in [0.29, 0.717) is 11.3 Å². The molecular weight excluding hydrogens is 496 g/mol. The molecule has 2 aromatic rings. The van der Waals surface area contributed by atoms with Crippen molar-refractivity contribution in [2.45, 2.75) is 25.9 Å². The van der Waals surface area contributed by atoms with Gasteiger partial charge in [-0.2, -0.15) is 0 Å². The lowest BCUT2D eigenvalue weighted by atomic mass is 9.92. The van der Waals surface area contributed by atoms with Crippen LogP contribution in [0.1, 0.15) is 13.3 Å². The predicted molar refractivity (Wildman–Crippen MR) is 114 cm³/mol. The average Bonchev–Trinajstić information content (AvgIpc) is 3.36. The van der Waals surface area contributed by atoms with E-state index in [1.165, 1.54) is 30.4 Å². The van der Waals surface area contributed by atoms with Gasteiger partial charge in [-0.3, -0.25) is 19.4 Å². The van der Waals surface area contributed by atoms with Crippen molar-refractivity contribution in [2.24, 2.45) is 5.92 Å². The number of imide groups is 1. The molecule has 1 fully saturated rings. The number of allylic oxidation sites excluding steroid dienone is 1. The third-order valence-corrected chi connectivity index (χ3v) is 6.29. The lowest BCUT2D eigenvalue weighted by Crippen LogP contribution is -2.58. The Morgan fingerprint density at radius 3 is 2.69 bits per heavy atom. The molecule has 0 saturated carbocycles. The number of urea groups is 1. The van der Waals surface area contributed by atoms with Crippen LogP contribution in [0.3, 0.4) is 0 Å². The smallest absolute Gasteiger partial charge is 0.474 e.